The van der Waals surface area contributed by atoms with Crippen molar-refractivity contribution in [2.75, 3.05) is 6.61 Å². The molecule has 0 aromatic rings. The van der Waals surface area contributed by atoms with Gasteiger partial charge in [0.15, 0.2) is 0 Å². The molecular weight excluding hydrogens is 236 g/mol. The number of amides is 3. The first kappa shape index (κ1) is 14.5. The lowest BCUT2D eigenvalue weighted by molar-refractivity contribution is -0.150. The third kappa shape index (κ3) is 3.45. The number of nitrogens with one attached hydrogen (secondary N) is 2. The van der Waals surface area contributed by atoms with E-state index in [-0.39, 0.29) is 18.3 Å². The molecule has 6 nitrogen and oxygen atoms in total. The van der Waals surface area contributed by atoms with Crippen molar-refractivity contribution in [3.05, 3.63) is 0 Å². The predicted molar refractivity (Wildman–Crippen MR) is 64.7 cm³/mol. The van der Waals surface area contributed by atoms with Gasteiger partial charge in [0.1, 0.15) is 5.54 Å². The molecule has 0 aromatic carbocycles. The van der Waals surface area contributed by atoms with E-state index in [4.69, 9.17) is 4.74 Å². The van der Waals surface area contributed by atoms with E-state index < -0.39 is 23.4 Å². The molecule has 0 radical (unpaired) electrons. The van der Waals surface area contributed by atoms with Gasteiger partial charge in [0, 0.05) is 0 Å². The molecule has 1 aliphatic rings. The van der Waals surface area contributed by atoms with Crippen LogP contribution < -0.4 is 10.6 Å². The number of urea groups is 1. The molecule has 2 N–H and O–H groups in total. The molecule has 6 heteroatoms. The van der Waals surface area contributed by atoms with Gasteiger partial charge in [0.05, 0.1) is 12.5 Å². The van der Waals surface area contributed by atoms with Crippen LogP contribution in [0.1, 0.15) is 34.1 Å². The van der Waals surface area contributed by atoms with Gasteiger partial charge in [0.25, 0.3) is 5.91 Å². The Morgan fingerprint density at radius 3 is 2.39 bits per heavy atom. The summed E-state index contributed by atoms with van der Waals surface area (Å²) in [6.07, 6.45) is 0.224. The third-order valence-corrected chi connectivity index (χ3v) is 2.79. The van der Waals surface area contributed by atoms with E-state index in [2.05, 4.69) is 10.6 Å². The van der Waals surface area contributed by atoms with Crippen LogP contribution in [0.3, 0.4) is 0 Å². The van der Waals surface area contributed by atoms with Gasteiger partial charge in [-0.25, -0.2) is 4.79 Å². The molecule has 1 fully saturated rings. The lowest BCUT2D eigenvalue weighted by atomic mass is 9.90. The average Bonchev–Trinajstić information content (AvgIpc) is 2.48. The summed E-state index contributed by atoms with van der Waals surface area (Å²) in [5, 5.41) is 4.68. The van der Waals surface area contributed by atoms with Gasteiger partial charge < -0.3 is 10.1 Å². The highest BCUT2D eigenvalue weighted by Crippen LogP contribution is 2.21. The highest BCUT2D eigenvalue weighted by molar-refractivity contribution is 6.06. The minimum absolute atomic E-state index is 0.224. The van der Waals surface area contributed by atoms with E-state index in [0.717, 1.165) is 0 Å². The number of hydrogen-bond donors (Lipinski definition) is 2. The summed E-state index contributed by atoms with van der Waals surface area (Å²) in [6.45, 7) is 7.54. The standard InChI is InChI=1S/C12H20N2O4/c1-7(2)6-18-9(15)8(3)5-12(4)10(16)13-11(17)14-12/h7-8H,5-6H2,1-4H3,(H2,13,14,16,17)/t8-,12?/m0/s1. The zero-order valence-corrected chi connectivity index (χ0v) is 11.2. The molecule has 0 saturated carbocycles. The van der Waals surface area contributed by atoms with E-state index in [0.29, 0.717) is 6.61 Å². The van der Waals surface area contributed by atoms with Crippen molar-refractivity contribution in [2.45, 2.75) is 39.7 Å². The van der Waals surface area contributed by atoms with Crippen LogP contribution in [0.2, 0.25) is 0 Å². The summed E-state index contributed by atoms with van der Waals surface area (Å²) in [4.78, 5) is 34.4. The molecule has 0 aliphatic carbocycles. The smallest absolute Gasteiger partial charge is 0.322 e. The molecule has 1 saturated heterocycles. The molecular formula is C12H20N2O4. The second-order valence-corrected chi connectivity index (χ2v) is 5.37. The lowest BCUT2D eigenvalue weighted by Gasteiger charge is -2.23. The number of ether oxygens (including phenoxy) is 1. The van der Waals surface area contributed by atoms with E-state index >= 15 is 0 Å². The minimum Gasteiger partial charge on any atom is -0.465 e. The Morgan fingerprint density at radius 1 is 1.33 bits per heavy atom. The van der Waals surface area contributed by atoms with Crippen molar-refractivity contribution < 1.29 is 19.1 Å². The van der Waals surface area contributed by atoms with E-state index in [9.17, 15) is 14.4 Å². The molecule has 2 atom stereocenters. The van der Waals surface area contributed by atoms with Gasteiger partial charge in [-0.3, -0.25) is 14.9 Å². The Kier molecular flexibility index (Phi) is 4.32. The van der Waals surface area contributed by atoms with Gasteiger partial charge in [-0.1, -0.05) is 20.8 Å². The van der Waals surface area contributed by atoms with Crippen LogP contribution >= 0.6 is 0 Å². The van der Waals surface area contributed by atoms with Crippen molar-refractivity contribution in [3.8, 4) is 0 Å². The number of hydrogen-bond acceptors (Lipinski definition) is 4. The summed E-state index contributed by atoms with van der Waals surface area (Å²) < 4.78 is 5.10. The van der Waals surface area contributed by atoms with Crippen molar-refractivity contribution in [2.24, 2.45) is 11.8 Å². The van der Waals surface area contributed by atoms with E-state index in [1.54, 1.807) is 13.8 Å². The van der Waals surface area contributed by atoms with Crippen LogP contribution in [-0.2, 0) is 14.3 Å². The Morgan fingerprint density at radius 2 is 1.94 bits per heavy atom. The van der Waals surface area contributed by atoms with Crippen molar-refractivity contribution in [3.63, 3.8) is 0 Å². The summed E-state index contributed by atoms with van der Waals surface area (Å²) in [6, 6.07) is -0.523. The maximum Gasteiger partial charge on any atom is 0.322 e. The first-order valence-electron chi connectivity index (χ1n) is 6.05. The van der Waals surface area contributed by atoms with E-state index in [1.165, 1.54) is 0 Å². The molecule has 0 bridgehead atoms. The van der Waals surface area contributed by atoms with Crippen LogP contribution in [0.25, 0.3) is 0 Å². The largest absolute Gasteiger partial charge is 0.465 e. The first-order chi connectivity index (χ1) is 8.24. The Hall–Kier alpha value is -1.59. The summed E-state index contributed by atoms with van der Waals surface area (Å²) in [7, 11) is 0. The maximum atomic E-state index is 11.7. The monoisotopic (exact) mass is 256 g/mol. The zero-order valence-electron chi connectivity index (χ0n) is 11.2. The van der Waals surface area contributed by atoms with Crippen molar-refractivity contribution >= 4 is 17.9 Å². The van der Waals surface area contributed by atoms with Gasteiger partial charge in [0.2, 0.25) is 0 Å². The number of carbonyl (C=O) groups excluding carboxylic acids is 3. The molecule has 1 heterocycles. The number of carbonyl (C=O) groups is 3. The molecule has 0 spiro atoms. The summed E-state index contributed by atoms with van der Waals surface area (Å²) in [5.74, 6) is -0.931. The molecule has 102 valence electrons. The number of imide groups is 1. The summed E-state index contributed by atoms with van der Waals surface area (Å²) >= 11 is 0. The van der Waals surface area contributed by atoms with Crippen LogP contribution in [0.15, 0.2) is 0 Å². The Bertz CT molecular complexity index is 367. The topological polar surface area (TPSA) is 84.5 Å². The van der Waals surface area contributed by atoms with Gasteiger partial charge in [-0.15, -0.1) is 0 Å². The maximum absolute atomic E-state index is 11.7. The van der Waals surface area contributed by atoms with Crippen molar-refractivity contribution in [1.82, 2.24) is 10.6 Å². The predicted octanol–water partition coefficient (Wildman–Crippen LogP) is 0.810. The van der Waals surface area contributed by atoms with E-state index in [1.807, 2.05) is 13.8 Å². The van der Waals surface area contributed by atoms with Crippen molar-refractivity contribution in [1.29, 1.82) is 0 Å². The van der Waals surface area contributed by atoms with Crippen LogP contribution in [0.5, 0.6) is 0 Å². The zero-order chi connectivity index (χ0) is 13.9. The molecule has 1 unspecified atom stereocenters. The summed E-state index contributed by atoms with van der Waals surface area (Å²) in [5.41, 5.74) is -1.03. The second-order valence-electron chi connectivity index (χ2n) is 5.37. The fraction of sp³-hybridized carbons (Fsp3) is 0.750. The average molecular weight is 256 g/mol. The molecule has 1 aliphatic heterocycles. The Balaban J connectivity index is 2.53. The molecule has 18 heavy (non-hydrogen) atoms. The second kappa shape index (κ2) is 5.37. The molecule has 3 amide bonds. The highest BCUT2D eigenvalue weighted by atomic mass is 16.5. The molecule has 0 aromatic heterocycles. The third-order valence-electron chi connectivity index (χ3n) is 2.79. The normalized spacial score (nSPS) is 24.7. The Labute approximate surface area is 106 Å². The fourth-order valence-electron chi connectivity index (χ4n) is 1.81. The fourth-order valence-corrected chi connectivity index (χ4v) is 1.81. The van der Waals surface area contributed by atoms with Crippen LogP contribution in [0.4, 0.5) is 4.79 Å². The lowest BCUT2D eigenvalue weighted by Crippen LogP contribution is -2.46. The van der Waals surface area contributed by atoms with Gasteiger partial charge >= 0.3 is 12.0 Å². The quantitative estimate of drug-likeness (QED) is 0.563. The van der Waals surface area contributed by atoms with Crippen LogP contribution in [-0.4, -0.2) is 30.1 Å². The SMILES string of the molecule is CC(C)COC(=O)[C@@H](C)CC1(C)NC(=O)NC1=O. The minimum atomic E-state index is -1.03. The van der Waals surface area contributed by atoms with Gasteiger partial charge in [-0.05, 0) is 19.3 Å². The first-order valence-corrected chi connectivity index (χ1v) is 6.05. The number of esters is 1. The molecule has 1 rings (SSSR count). The van der Waals surface area contributed by atoms with Gasteiger partial charge in [-0.2, -0.15) is 0 Å². The highest BCUT2D eigenvalue weighted by Gasteiger charge is 2.43. The number of rotatable bonds is 5. The van der Waals surface area contributed by atoms with Crippen LogP contribution in [0, 0.1) is 11.8 Å².